The van der Waals surface area contributed by atoms with Gasteiger partial charge in [-0.05, 0) is 42.3 Å². The van der Waals surface area contributed by atoms with Crippen molar-refractivity contribution < 1.29 is 23.8 Å². The number of hydrogen-bond donors (Lipinski definition) is 1. The summed E-state index contributed by atoms with van der Waals surface area (Å²) in [4.78, 5) is 32.2. The Morgan fingerprint density at radius 3 is 2.09 bits per heavy atom. The molecule has 0 saturated heterocycles. The molecule has 4 rings (SSSR count). The molecule has 1 aliphatic heterocycles. The molecule has 0 fully saturated rings. The summed E-state index contributed by atoms with van der Waals surface area (Å²) < 4.78 is 16.2. The molecule has 0 saturated carbocycles. The van der Waals surface area contributed by atoms with Crippen LogP contribution in [0.4, 0.5) is 5.69 Å². The maximum atomic E-state index is 13.5. The second-order valence-electron chi connectivity index (χ2n) is 7.49. The van der Waals surface area contributed by atoms with E-state index in [1.807, 2.05) is 6.92 Å². The Bertz CT molecular complexity index is 1200. The van der Waals surface area contributed by atoms with E-state index in [1.54, 1.807) is 81.2 Å². The van der Waals surface area contributed by atoms with Gasteiger partial charge in [0.2, 0.25) is 0 Å². The van der Waals surface area contributed by atoms with Gasteiger partial charge in [0, 0.05) is 36.3 Å². The van der Waals surface area contributed by atoms with Crippen molar-refractivity contribution in [2.45, 2.75) is 13.5 Å². The highest BCUT2D eigenvalue weighted by atomic mass is 16.5. The zero-order chi connectivity index (χ0) is 24.1. The Kier molecular flexibility index (Phi) is 6.77. The maximum Gasteiger partial charge on any atom is 0.278 e. The van der Waals surface area contributed by atoms with E-state index in [2.05, 4.69) is 10.3 Å². The lowest BCUT2D eigenvalue weighted by Crippen LogP contribution is -2.32. The molecule has 2 aromatic carbocycles. The summed E-state index contributed by atoms with van der Waals surface area (Å²) in [5.41, 5.74) is 2.42. The van der Waals surface area contributed by atoms with E-state index >= 15 is 0 Å². The van der Waals surface area contributed by atoms with E-state index in [9.17, 15) is 9.59 Å². The van der Waals surface area contributed by atoms with E-state index < -0.39 is 5.91 Å². The van der Waals surface area contributed by atoms with Crippen molar-refractivity contribution in [1.82, 2.24) is 9.88 Å². The van der Waals surface area contributed by atoms with Crippen molar-refractivity contribution in [3.8, 4) is 17.2 Å². The highest BCUT2D eigenvalue weighted by Crippen LogP contribution is 2.34. The molecule has 0 unspecified atom stereocenters. The van der Waals surface area contributed by atoms with Gasteiger partial charge in [0.15, 0.2) is 0 Å². The second-order valence-corrected chi connectivity index (χ2v) is 7.49. The van der Waals surface area contributed by atoms with Crippen LogP contribution >= 0.6 is 0 Å². The van der Waals surface area contributed by atoms with Crippen LogP contribution in [-0.2, 0) is 16.1 Å². The van der Waals surface area contributed by atoms with Crippen molar-refractivity contribution in [3.63, 3.8) is 0 Å². The fraction of sp³-hybridized carbons (Fsp3) is 0.192. The first-order valence-electron chi connectivity index (χ1n) is 10.8. The summed E-state index contributed by atoms with van der Waals surface area (Å²) in [6.45, 7) is 2.56. The van der Waals surface area contributed by atoms with Gasteiger partial charge >= 0.3 is 0 Å². The number of carbonyl (C=O) groups is 2. The fourth-order valence-electron chi connectivity index (χ4n) is 3.68. The number of anilines is 1. The number of pyridine rings is 1. The highest BCUT2D eigenvalue weighted by Gasteiger charge is 2.39. The average Bonchev–Trinajstić information content (AvgIpc) is 3.09. The third-order valence-electron chi connectivity index (χ3n) is 5.33. The number of methoxy groups -OCH3 is 2. The minimum absolute atomic E-state index is 0.132. The molecule has 0 radical (unpaired) electrons. The quantitative estimate of drug-likeness (QED) is 0.486. The Balaban J connectivity index is 1.75. The van der Waals surface area contributed by atoms with Crippen molar-refractivity contribution in [3.05, 3.63) is 83.8 Å². The van der Waals surface area contributed by atoms with Crippen molar-refractivity contribution in [1.29, 1.82) is 0 Å². The molecular weight excluding hydrogens is 434 g/mol. The van der Waals surface area contributed by atoms with E-state index in [0.717, 1.165) is 5.56 Å². The van der Waals surface area contributed by atoms with Gasteiger partial charge in [-0.1, -0.05) is 12.1 Å². The van der Waals surface area contributed by atoms with Crippen LogP contribution in [0.2, 0.25) is 0 Å². The summed E-state index contributed by atoms with van der Waals surface area (Å²) in [5.74, 6) is 0.978. The Hall–Kier alpha value is -4.33. The Labute approximate surface area is 197 Å². The zero-order valence-corrected chi connectivity index (χ0v) is 19.2. The van der Waals surface area contributed by atoms with E-state index in [0.29, 0.717) is 35.1 Å². The number of nitrogens with zero attached hydrogens (tertiary/aromatic N) is 2. The van der Waals surface area contributed by atoms with Gasteiger partial charge in [-0.2, -0.15) is 0 Å². The first kappa shape index (κ1) is 22.8. The normalized spacial score (nSPS) is 13.3. The van der Waals surface area contributed by atoms with Crippen LogP contribution in [0, 0.1) is 0 Å². The molecule has 2 amide bonds. The SMILES string of the molecule is CCOc1ccc(C2=C(Nc3cc(OC)cc(OC)c3)C(=O)N(Cc3ccncc3)C2=O)cc1. The number of nitrogens with one attached hydrogen (secondary N) is 1. The zero-order valence-electron chi connectivity index (χ0n) is 19.2. The lowest BCUT2D eigenvalue weighted by atomic mass is 10.0. The number of amides is 2. The van der Waals surface area contributed by atoms with E-state index in [1.165, 1.54) is 4.90 Å². The Morgan fingerprint density at radius 1 is 0.853 bits per heavy atom. The van der Waals surface area contributed by atoms with Crippen LogP contribution in [0.25, 0.3) is 5.57 Å². The summed E-state index contributed by atoms with van der Waals surface area (Å²) in [5, 5.41) is 3.14. The largest absolute Gasteiger partial charge is 0.497 e. The van der Waals surface area contributed by atoms with Gasteiger partial charge in [-0.25, -0.2) is 0 Å². The molecule has 0 bridgehead atoms. The summed E-state index contributed by atoms with van der Waals surface area (Å²) in [6.07, 6.45) is 3.26. The third-order valence-corrected chi connectivity index (χ3v) is 5.33. The van der Waals surface area contributed by atoms with Crippen molar-refractivity contribution in [2.75, 3.05) is 26.1 Å². The smallest absolute Gasteiger partial charge is 0.278 e. The summed E-state index contributed by atoms with van der Waals surface area (Å²) in [6, 6.07) is 15.8. The molecule has 3 aromatic rings. The number of ether oxygens (including phenoxy) is 3. The number of hydrogen-bond acceptors (Lipinski definition) is 7. The van der Waals surface area contributed by atoms with Crippen LogP contribution in [0.1, 0.15) is 18.1 Å². The van der Waals surface area contributed by atoms with E-state index in [-0.39, 0.29) is 23.7 Å². The molecule has 8 heteroatoms. The van der Waals surface area contributed by atoms with Gasteiger partial charge in [-0.15, -0.1) is 0 Å². The number of carbonyl (C=O) groups excluding carboxylic acids is 2. The number of imide groups is 1. The Morgan fingerprint density at radius 2 is 1.50 bits per heavy atom. The fourth-order valence-corrected chi connectivity index (χ4v) is 3.68. The number of benzene rings is 2. The predicted molar refractivity (Wildman–Crippen MR) is 127 cm³/mol. The summed E-state index contributed by atoms with van der Waals surface area (Å²) >= 11 is 0. The topological polar surface area (TPSA) is 90.0 Å². The third kappa shape index (κ3) is 4.71. The number of rotatable bonds is 9. The van der Waals surface area contributed by atoms with Crippen molar-refractivity contribution in [2.24, 2.45) is 0 Å². The first-order chi connectivity index (χ1) is 16.5. The molecule has 2 heterocycles. The highest BCUT2D eigenvalue weighted by molar-refractivity contribution is 6.36. The first-order valence-corrected chi connectivity index (χ1v) is 10.8. The standard InChI is InChI=1S/C26H25N3O5/c1-4-34-20-7-5-18(6-8-20)23-24(28-19-13-21(32-2)15-22(14-19)33-3)26(31)29(25(23)30)16-17-9-11-27-12-10-17/h5-15,28H,4,16H2,1-3H3. The van der Waals surface area contributed by atoms with Crippen LogP contribution in [0.3, 0.4) is 0 Å². The minimum atomic E-state index is -0.424. The van der Waals surface area contributed by atoms with Crippen LogP contribution < -0.4 is 19.5 Å². The van der Waals surface area contributed by atoms with Crippen molar-refractivity contribution >= 4 is 23.1 Å². The van der Waals surface area contributed by atoms with Crippen LogP contribution in [0.15, 0.2) is 72.7 Å². The monoisotopic (exact) mass is 459 g/mol. The lowest BCUT2D eigenvalue weighted by Gasteiger charge is -2.15. The van der Waals surface area contributed by atoms with Gasteiger partial charge in [0.1, 0.15) is 22.9 Å². The predicted octanol–water partition coefficient (Wildman–Crippen LogP) is 3.89. The molecule has 1 aliphatic rings. The molecule has 0 spiro atoms. The molecule has 0 aliphatic carbocycles. The summed E-state index contributed by atoms with van der Waals surface area (Å²) in [7, 11) is 3.09. The van der Waals surface area contributed by atoms with Crippen LogP contribution in [0.5, 0.6) is 17.2 Å². The molecule has 8 nitrogen and oxygen atoms in total. The average molecular weight is 460 g/mol. The van der Waals surface area contributed by atoms with Gasteiger partial charge in [0.05, 0.1) is 32.9 Å². The molecule has 34 heavy (non-hydrogen) atoms. The van der Waals surface area contributed by atoms with Gasteiger partial charge in [0.25, 0.3) is 11.8 Å². The molecule has 0 atom stereocenters. The maximum absolute atomic E-state index is 13.5. The molecule has 174 valence electrons. The molecular formula is C26H25N3O5. The minimum Gasteiger partial charge on any atom is -0.497 e. The van der Waals surface area contributed by atoms with Gasteiger partial charge in [-0.3, -0.25) is 19.5 Å². The van der Waals surface area contributed by atoms with E-state index in [4.69, 9.17) is 14.2 Å². The van der Waals surface area contributed by atoms with Gasteiger partial charge < -0.3 is 19.5 Å². The van der Waals surface area contributed by atoms with Crippen LogP contribution in [-0.4, -0.2) is 42.5 Å². The number of aromatic nitrogens is 1. The molecule has 1 N–H and O–H groups in total. The molecule has 1 aromatic heterocycles. The lowest BCUT2D eigenvalue weighted by molar-refractivity contribution is -0.137. The second kappa shape index (κ2) is 10.1.